The van der Waals surface area contributed by atoms with Crippen LogP contribution in [0.5, 0.6) is 11.5 Å². The molecule has 6 nitrogen and oxygen atoms in total. The van der Waals surface area contributed by atoms with Gasteiger partial charge in [-0.05, 0) is 77.9 Å². The molecular weight excluding hydrogens is 598 g/mol. The first-order chi connectivity index (χ1) is 17.6. The first-order valence-corrected chi connectivity index (χ1v) is 12.5. The molecule has 1 atom stereocenters. The van der Waals surface area contributed by atoms with Crippen LogP contribution >= 0.6 is 22.6 Å². The molecule has 0 bridgehead atoms. The molecule has 0 saturated carbocycles. The van der Waals surface area contributed by atoms with Gasteiger partial charge in [0.2, 0.25) is 0 Å². The quantitative estimate of drug-likeness (QED) is 0.169. The largest absolute Gasteiger partial charge is 0.493 e. The van der Waals surface area contributed by atoms with Crippen molar-refractivity contribution in [1.29, 1.82) is 0 Å². The number of ether oxygens (including phenoxy) is 2. The molecule has 192 valence electrons. The fourth-order valence-electron chi connectivity index (χ4n) is 3.59. The van der Waals surface area contributed by atoms with Gasteiger partial charge in [0.25, 0.3) is 5.56 Å². The standard InChI is InChI=1S/C27H23F3IN3O3/c1-4-16(2)37-24-21(31)12-17(13-23(24)36-3)15-32-34-25(18-8-7-9-19(14-18)27(28,29)30)33-22-11-6-5-10-20(22)26(34)35/h5-16H,4H2,1-3H3/t16-/m1/s1. The van der Waals surface area contributed by atoms with Crippen LogP contribution in [0.15, 0.2) is 70.6 Å². The highest BCUT2D eigenvalue weighted by molar-refractivity contribution is 14.1. The molecule has 4 rings (SSSR count). The van der Waals surface area contributed by atoms with Gasteiger partial charge in [-0.25, -0.2) is 4.98 Å². The Hall–Kier alpha value is -3.41. The first-order valence-electron chi connectivity index (χ1n) is 11.4. The van der Waals surface area contributed by atoms with Crippen LogP contribution in [0, 0.1) is 3.57 Å². The molecule has 10 heteroatoms. The van der Waals surface area contributed by atoms with E-state index >= 15 is 0 Å². The van der Waals surface area contributed by atoms with Crippen molar-refractivity contribution < 1.29 is 22.6 Å². The zero-order valence-corrected chi connectivity index (χ0v) is 22.4. The third kappa shape index (κ3) is 5.79. The fourth-order valence-corrected chi connectivity index (χ4v) is 4.34. The number of rotatable bonds is 7. The molecule has 0 spiro atoms. The molecule has 0 aliphatic carbocycles. The topological polar surface area (TPSA) is 65.7 Å². The van der Waals surface area contributed by atoms with Gasteiger partial charge in [0.1, 0.15) is 0 Å². The van der Waals surface area contributed by atoms with Gasteiger partial charge in [0.05, 0.1) is 39.5 Å². The van der Waals surface area contributed by atoms with Crippen molar-refractivity contribution in [2.45, 2.75) is 32.5 Å². The summed E-state index contributed by atoms with van der Waals surface area (Å²) < 4.78 is 53.4. The van der Waals surface area contributed by atoms with Crippen LogP contribution in [-0.4, -0.2) is 29.1 Å². The van der Waals surface area contributed by atoms with Gasteiger partial charge in [-0.3, -0.25) is 4.79 Å². The Morgan fingerprint density at radius 2 is 1.89 bits per heavy atom. The lowest BCUT2D eigenvalue weighted by molar-refractivity contribution is -0.137. The molecule has 0 aliphatic heterocycles. The third-order valence-electron chi connectivity index (χ3n) is 5.67. The predicted molar refractivity (Wildman–Crippen MR) is 146 cm³/mol. The molecule has 1 aromatic heterocycles. The minimum atomic E-state index is -4.55. The van der Waals surface area contributed by atoms with E-state index in [1.807, 2.05) is 19.9 Å². The predicted octanol–water partition coefficient (Wildman–Crippen LogP) is 6.76. The van der Waals surface area contributed by atoms with Crippen molar-refractivity contribution >= 4 is 39.7 Å². The van der Waals surface area contributed by atoms with E-state index in [2.05, 4.69) is 32.7 Å². The molecule has 0 unspecified atom stereocenters. The van der Waals surface area contributed by atoms with Gasteiger partial charge in [-0.1, -0.05) is 31.2 Å². The number of hydrogen-bond acceptors (Lipinski definition) is 5. The molecule has 0 N–H and O–H groups in total. The maximum absolute atomic E-state index is 13.4. The number of hydrogen-bond donors (Lipinski definition) is 0. The summed E-state index contributed by atoms with van der Waals surface area (Å²) in [5.41, 5.74) is -0.284. The molecule has 37 heavy (non-hydrogen) atoms. The van der Waals surface area contributed by atoms with Crippen LogP contribution in [-0.2, 0) is 6.18 Å². The van der Waals surface area contributed by atoms with E-state index in [1.54, 1.807) is 30.3 Å². The van der Waals surface area contributed by atoms with E-state index in [-0.39, 0.29) is 17.5 Å². The number of fused-ring (bicyclic) bond motifs is 1. The maximum Gasteiger partial charge on any atom is 0.416 e. The highest BCUT2D eigenvalue weighted by Crippen LogP contribution is 2.35. The van der Waals surface area contributed by atoms with Gasteiger partial charge >= 0.3 is 6.18 Å². The van der Waals surface area contributed by atoms with Gasteiger partial charge in [-0.2, -0.15) is 22.9 Å². The summed E-state index contributed by atoms with van der Waals surface area (Å²) >= 11 is 2.13. The van der Waals surface area contributed by atoms with Crippen LogP contribution in [0.2, 0.25) is 0 Å². The van der Waals surface area contributed by atoms with Crippen LogP contribution in [0.4, 0.5) is 13.2 Å². The lowest BCUT2D eigenvalue weighted by atomic mass is 10.1. The smallest absolute Gasteiger partial charge is 0.416 e. The van der Waals surface area contributed by atoms with Gasteiger partial charge in [0.15, 0.2) is 17.3 Å². The van der Waals surface area contributed by atoms with Crippen molar-refractivity contribution in [1.82, 2.24) is 9.66 Å². The van der Waals surface area contributed by atoms with Crippen LogP contribution in [0.25, 0.3) is 22.3 Å². The summed E-state index contributed by atoms with van der Waals surface area (Å²) in [5.74, 6) is 1.09. The van der Waals surface area contributed by atoms with Crippen molar-refractivity contribution in [2.75, 3.05) is 7.11 Å². The van der Waals surface area contributed by atoms with E-state index in [0.29, 0.717) is 28.0 Å². The Bertz CT molecular complexity index is 1530. The summed E-state index contributed by atoms with van der Waals surface area (Å²) in [6.45, 7) is 3.97. The van der Waals surface area contributed by atoms with E-state index in [9.17, 15) is 18.0 Å². The van der Waals surface area contributed by atoms with Crippen LogP contribution in [0.3, 0.4) is 0 Å². The molecule has 0 fully saturated rings. The molecule has 0 amide bonds. The monoisotopic (exact) mass is 621 g/mol. The summed E-state index contributed by atoms with van der Waals surface area (Å²) in [6, 6.07) is 14.8. The van der Waals surface area contributed by atoms with Crippen LogP contribution in [0.1, 0.15) is 31.4 Å². The van der Waals surface area contributed by atoms with E-state index in [0.717, 1.165) is 26.8 Å². The minimum absolute atomic E-state index is 0.00978. The molecule has 1 heterocycles. The molecule has 4 aromatic rings. The van der Waals surface area contributed by atoms with Gasteiger partial charge in [0, 0.05) is 5.56 Å². The maximum atomic E-state index is 13.4. The number of alkyl halides is 3. The minimum Gasteiger partial charge on any atom is -0.493 e. The summed E-state index contributed by atoms with van der Waals surface area (Å²) in [7, 11) is 1.53. The van der Waals surface area contributed by atoms with Crippen molar-refractivity contribution in [2.24, 2.45) is 5.10 Å². The average molecular weight is 621 g/mol. The lowest BCUT2D eigenvalue weighted by Crippen LogP contribution is -2.20. The van der Waals surface area contributed by atoms with Gasteiger partial charge in [-0.15, -0.1) is 0 Å². The van der Waals surface area contributed by atoms with Crippen molar-refractivity contribution in [3.63, 3.8) is 0 Å². The normalized spacial score (nSPS) is 12.7. The summed E-state index contributed by atoms with van der Waals surface area (Å²) in [4.78, 5) is 17.8. The van der Waals surface area contributed by atoms with Gasteiger partial charge < -0.3 is 9.47 Å². The highest BCUT2D eigenvalue weighted by atomic mass is 127. The third-order valence-corrected chi connectivity index (χ3v) is 6.47. The molecule has 0 radical (unpaired) electrons. The number of aromatic nitrogens is 2. The van der Waals surface area contributed by atoms with Crippen molar-refractivity contribution in [3.05, 3.63) is 85.7 Å². The summed E-state index contributed by atoms with van der Waals surface area (Å²) in [5, 5.41) is 4.64. The van der Waals surface area contributed by atoms with E-state index in [4.69, 9.17) is 9.47 Å². The zero-order valence-electron chi connectivity index (χ0n) is 20.2. The van der Waals surface area contributed by atoms with E-state index in [1.165, 1.54) is 25.5 Å². The second-order valence-corrected chi connectivity index (χ2v) is 9.43. The second-order valence-electron chi connectivity index (χ2n) is 8.26. The lowest BCUT2D eigenvalue weighted by Gasteiger charge is -2.17. The highest BCUT2D eigenvalue weighted by Gasteiger charge is 2.31. The fraction of sp³-hybridized carbons (Fsp3) is 0.222. The molecule has 0 saturated heterocycles. The number of nitrogens with zero attached hydrogens (tertiary/aromatic N) is 3. The number of benzene rings is 3. The second kappa shape index (κ2) is 10.9. The molecular formula is C27H23F3IN3O3. The number of para-hydroxylation sites is 1. The zero-order chi connectivity index (χ0) is 26.7. The Morgan fingerprint density at radius 3 is 2.59 bits per heavy atom. The Kier molecular flexibility index (Phi) is 7.86. The SMILES string of the molecule is CC[C@@H](C)Oc1c(I)cc(C=Nn2c(-c3cccc(C(F)(F)F)c3)nc3ccccc3c2=O)cc1OC. The number of halogens is 4. The summed E-state index contributed by atoms with van der Waals surface area (Å²) in [6.07, 6.45) is -2.31. The Labute approximate surface area is 224 Å². The Balaban J connectivity index is 1.86. The molecule has 3 aromatic carbocycles. The first kappa shape index (κ1) is 26.6. The molecule has 0 aliphatic rings. The van der Waals surface area contributed by atoms with E-state index < -0.39 is 17.3 Å². The average Bonchev–Trinajstić information content (AvgIpc) is 2.88. The Morgan fingerprint density at radius 1 is 1.14 bits per heavy atom. The number of methoxy groups -OCH3 is 1. The van der Waals surface area contributed by atoms with Crippen LogP contribution < -0.4 is 15.0 Å². The van der Waals surface area contributed by atoms with Crippen molar-refractivity contribution in [3.8, 4) is 22.9 Å².